The summed E-state index contributed by atoms with van der Waals surface area (Å²) >= 11 is 0. The molecule has 5 nitrogen and oxygen atoms in total. The van der Waals surface area contributed by atoms with Crippen molar-refractivity contribution in [1.82, 2.24) is 14.8 Å². The zero-order valence-corrected chi connectivity index (χ0v) is 18.3. The fourth-order valence-corrected chi connectivity index (χ4v) is 3.41. The molecule has 5 heteroatoms. The molecule has 0 aliphatic carbocycles. The van der Waals surface area contributed by atoms with Crippen LogP contribution < -0.4 is 4.74 Å². The van der Waals surface area contributed by atoms with Crippen LogP contribution in [0.4, 0.5) is 0 Å². The van der Waals surface area contributed by atoms with Crippen LogP contribution in [0.1, 0.15) is 77.6 Å². The van der Waals surface area contributed by atoms with Crippen LogP contribution in [0, 0.1) is 11.3 Å². The van der Waals surface area contributed by atoms with E-state index in [-0.39, 0.29) is 23.3 Å². The fourth-order valence-electron chi connectivity index (χ4n) is 3.41. The van der Waals surface area contributed by atoms with Gasteiger partial charge in [0.25, 0.3) is 0 Å². The molecule has 0 spiro atoms. The Balaban J connectivity index is 2.27. The average Bonchev–Trinajstić information content (AvgIpc) is 3.04. The summed E-state index contributed by atoms with van der Waals surface area (Å²) in [5.74, 6) is 0.794. The molecule has 0 saturated carbocycles. The third-order valence-electron chi connectivity index (χ3n) is 4.66. The smallest absolute Gasteiger partial charge is 0.336 e. The van der Waals surface area contributed by atoms with Crippen LogP contribution in [-0.4, -0.2) is 27.3 Å². The largest absolute Gasteiger partial charge is 0.462 e. The summed E-state index contributed by atoms with van der Waals surface area (Å²) in [6.45, 7) is 13.5. The number of hydrogen-bond donors (Lipinski definition) is 0. The second-order valence-electron chi connectivity index (χ2n) is 8.85. The van der Waals surface area contributed by atoms with Crippen molar-refractivity contribution in [2.75, 3.05) is 6.61 Å². The Bertz CT molecular complexity index is 757. The van der Waals surface area contributed by atoms with Gasteiger partial charge < -0.3 is 4.74 Å². The standard InChI is InChI=1S/C23H35N3O2/c1-7-9-14-28-22-24-21(19-12-10-18(8-2)11-13-19)26(25-22)20(27)15-17(3)16-23(4,5)6/h10-13,17H,7-9,14-16H2,1-6H3/t17-/m1/s1. The molecule has 0 fully saturated rings. The summed E-state index contributed by atoms with van der Waals surface area (Å²) < 4.78 is 7.11. The Kier molecular flexibility index (Phi) is 7.78. The number of hydrogen-bond acceptors (Lipinski definition) is 4. The molecule has 1 heterocycles. The molecular formula is C23H35N3O2. The minimum atomic E-state index is -0.0378. The van der Waals surface area contributed by atoms with Crippen molar-refractivity contribution in [2.45, 2.75) is 73.6 Å². The number of aromatic nitrogens is 3. The molecular weight excluding hydrogens is 350 g/mol. The molecule has 0 bridgehead atoms. The summed E-state index contributed by atoms with van der Waals surface area (Å²) in [6.07, 6.45) is 4.37. The highest BCUT2D eigenvalue weighted by Crippen LogP contribution is 2.27. The fraction of sp³-hybridized carbons (Fsp3) is 0.609. The first-order chi connectivity index (χ1) is 13.2. The number of ether oxygens (including phenoxy) is 1. The summed E-state index contributed by atoms with van der Waals surface area (Å²) in [5.41, 5.74) is 2.32. The molecule has 0 N–H and O–H groups in total. The van der Waals surface area contributed by atoms with E-state index < -0.39 is 0 Å². The van der Waals surface area contributed by atoms with Gasteiger partial charge in [0.1, 0.15) is 0 Å². The Morgan fingerprint density at radius 2 is 1.86 bits per heavy atom. The van der Waals surface area contributed by atoms with Crippen molar-refractivity contribution in [3.8, 4) is 17.4 Å². The van der Waals surface area contributed by atoms with Crippen molar-refractivity contribution in [2.24, 2.45) is 11.3 Å². The maximum atomic E-state index is 13.0. The predicted octanol–water partition coefficient (Wildman–Crippen LogP) is 5.79. The average molecular weight is 386 g/mol. The number of unbranched alkanes of at least 4 members (excludes halogenated alkanes) is 1. The molecule has 28 heavy (non-hydrogen) atoms. The van der Waals surface area contributed by atoms with Crippen molar-refractivity contribution < 1.29 is 9.53 Å². The third kappa shape index (κ3) is 6.47. The van der Waals surface area contributed by atoms with Gasteiger partial charge in [-0.15, -0.1) is 5.10 Å². The highest BCUT2D eigenvalue weighted by molar-refractivity contribution is 5.82. The Morgan fingerprint density at radius 3 is 2.43 bits per heavy atom. The summed E-state index contributed by atoms with van der Waals surface area (Å²) in [5, 5.41) is 4.38. The van der Waals surface area contributed by atoms with Gasteiger partial charge in [0.15, 0.2) is 5.82 Å². The van der Waals surface area contributed by atoms with E-state index in [0.29, 0.717) is 18.9 Å². The van der Waals surface area contributed by atoms with Gasteiger partial charge in [-0.25, -0.2) is 0 Å². The number of benzene rings is 1. The topological polar surface area (TPSA) is 57.0 Å². The SMILES string of the molecule is CCCCOc1nc(-c2ccc(CC)cc2)n(C(=O)C[C@@H](C)CC(C)(C)C)n1. The number of rotatable bonds is 9. The van der Waals surface area contributed by atoms with Gasteiger partial charge in [-0.3, -0.25) is 4.79 Å². The molecule has 1 atom stereocenters. The first-order valence-corrected chi connectivity index (χ1v) is 10.5. The van der Waals surface area contributed by atoms with Gasteiger partial charge in [0.2, 0.25) is 5.91 Å². The number of aryl methyl sites for hydroxylation is 1. The van der Waals surface area contributed by atoms with Crippen LogP contribution in [0.15, 0.2) is 24.3 Å². The molecule has 2 aromatic rings. The number of carbonyl (C=O) groups excluding carboxylic acids is 1. The van der Waals surface area contributed by atoms with Crippen molar-refractivity contribution in [3.63, 3.8) is 0 Å². The monoisotopic (exact) mass is 385 g/mol. The van der Waals surface area contributed by atoms with E-state index in [4.69, 9.17) is 4.74 Å². The van der Waals surface area contributed by atoms with Crippen LogP contribution in [0.3, 0.4) is 0 Å². The lowest BCUT2D eigenvalue weighted by Crippen LogP contribution is -2.20. The Labute approximate surface area is 169 Å². The highest BCUT2D eigenvalue weighted by atomic mass is 16.5. The summed E-state index contributed by atoms with van der Waals surface area (Å²) in [6, 6.07) is 8.42. The van der Waals surface area contributed by atoms with Crippen molar-refractivity contribution in [1.29, 1.82) is 0 Å². The second kappa shape index (κ2) is 9.85. The lowest BCUT2D eigenvalue weighted by molar-refractivity contribution is 0.0856. The molecule has 1 aromatic carbocycles. The van der Waals surface area contributed by atoms with Gasteiger partial charge >= 0.3 is 6.01 Å². The first kappa shape index (κ1) is 22.1. The van der Waals surface area contributed by atoms with E-state index >= 15 is 0 Å². The molecule has 0 aliphatic heterocycles. The minimum absolute atomic E-state index is 0.0378. The van der Waals surface area contributed by atoms with Crippen molar-refractivity contribution in [3.05, 3.63) is 29.8 Å². The maximum Gasteiger partial charge on any atom is 0.336 e. The van der Waals surface area contributed by atoms with Gasteiger partial charge in [0.05, 0.1) is 6.61 Å². The van der Waals surface area contributed by atoms with E-state index in [0.717, 1.165) is 31.2 Å². The van der Waals surface area contributed by atoms with E-state index in [1.807, 2.05) is 12.1 Å². The van der Waals surface area contributed by atoms with Gasteiger partial charge in [-0.05, 0) is 36.2 Å². The quantitative estimate of drug-likeness (QED) is 0.513. The summed E-state index contributed by atoms with van der Waals surface area (Å²) in [7, 11) is 0. The Hall–Kier alpha value is -2.17. The third-order valence-corrected chi connectivity index (χ3v) is 4.66. The Morgan fingerprint density at radius 1 is 1.18 bits per heavy atom. The number of nitrogens with zero attached hydrogens (tertiary/aromatic N) is 3. The molecule has 0 unspecified atom stereocenters. The van der Waals surface area contributed by atoms with Crippen LogP contribution >= 0.6 is 0 Å². The lowest BCUT2D eigenvalue weighted by atomic mass is 9.84. The molecule has 0 amide bonds. The van der Waals surface area contributed by atoms with Gasteiger partial charge in [0, 0.05) is 12.0 Å². The summed E-state index contributed by atoms with van der Waals surface area (Å²) in [4.78, 5) is 17.5. The van der Waals surface area contributed by atoms with Crippen molar-refractivity contribution >= 4 is 5.91 Å². The minimum Gasteiger partial charge on any atom is -0.462 e. The number of carbonyl (C=O) groups is 1. The molecule has 154 valence electrons. The van der Waals surface area contributed by atoms with E-state index in [2.05, 4.69) is 63.8 Å². The molecule has 2 rings (SSSR count). The highest BCUT2D eigenvalue weighted by Gasteiger charge is 2.23. The zero-order chi connectivity index (χ0) is 20.7. The molecule has 0 radical (unpaired) electrons. The van der Waals surface area contributed by atoms with E-state index in [9.17, 15) is 4.79 Å². The first-order valence-electron chi connectivity index (χ1n) is 10.5. The van der Waals surface area contributed by atoms with Crippen LogP contribution in [0.25, 0.3) is 11.4 Å². The van der Waals surface area contributed by atoms with Crippen LogP contribution in [0.5, 0.6) is 6.01 Å². The van der Waals surface area contributed by atoms with E-state index in [1.165, 1.54) is 10.2 Å². The van der Waals surface area contributed by atoms with Crippen LogP contribution in [0.2, 0.25) is 0 Å². The van der Waals surface area contributed by atoms with E-state index in [1.54, 1.807) is 0 Å². The van der Waals surface area contributed by atoms with Gasteiger partial charge in [-0.2, -0.15) is 9.67 Å². The van der Waals surface area contributed by atoms with Gasteiger partial charge in [-0.1, -0.05) is 72.2 Å². The molecule has 0 saturated heterocycles. The lowest BCUT2D eigenvalue weighted by Gasteiger charge is -2.22. The maximum absolute atomic E-state index is 13.0. The van der Waals surface area contributed by atoms with Crippen LogP contribution in [-0.2, 0) is 6.42 Å². The predicted molar refractivity (Wildman–Crippen MR) is 114 cm³/mol. The normalized spacial score (nSPS) is 12.8. The zero-order valence-electron chi connectivity index (χ0n) is 18.3. The second-order valence-corrected chi connectivity index (χ2v) is 8.85. The molecule has 1 aromatic heterocycles. The molecule has 0 aliphatic rings.